The van der Waals surface area contributed by atoms with Gasteiger partial charge in [0.2, 0.25) is 0 Å². The Bertz CT molecular complexity index is 744. The van der Waals surface area contributed by atoms with Gasteiger partial charge in [0, 0.05) is 24.3 Å². The number of ether oxygens (including phenoxy) is 2. The van der Waals surface area contributed by atoms with Crippen LogP contribution in [0.1, 0.15) is 12.8 Å². The summed E-state index contributed by atoms with van der Waals surface area (Å²) in [6.45, 7) is 0.724. The number of rotatable bonds is 9. The molecule has 10 nitrogen and oxygen atoms in total. The Hall–Kier alpha value is -3.56. The van der Waals surface area contributed by atoms with Crippen molar-refractivity contribution in [2.45, 2.75) is 12.8 Å². The lowest BCUT2D eigenvalue weighted by Gasteiger charge is -2.10. The van der Waals surface area contributed by atoms with E-state index in [1.54, 1.807) is 0 Å². The Balaban J connectivity index is 1.73. The van der Waals surface area contributed by atoms with Crippen LogP contribution in [0, 0.1) is 20.2 Å². The maximum Gasteiger partial charge on any atom is 0.271 e. The summed E-state index contributed by atoms with van der Waals surface area (Å²) in [7, 11) is 0. The number of anilines is 2. The summed E-state index contributed by atoms with van der Waals surface area (Å²) < 4.78 is 11.0. The topological polar surface area (TPSA) is 157 Å². The van der Waals surface area contributed by atoms with Crippen molar-refractivity contribution in [2.75, 3.05) is 24.7 Å². The summed E-state index contributed by atoms with van der Waals surface area (Å²) in [5.41, 5.74) is 11.6. The zero-order valence-corrected chi connectivity index (χ0v) is 13.8. The molecule has 2 aromatic carbocycles. The first-order chi connectivity index (χ1) is 12.4. The molecule has 0 saturated heterocycles. The normalized spacial score (nSPS) is 10.3. The number of hydrogen-bond acceptors (Lipinski definition) is 8. The molecule has 0 radical (unpaired) electrons. The number of nitrogens with two attached hydrogens (primary N) is 2. The smallest absolute Gasteiger partial charge is 0.271 e. The standard InChI is InChI=1S/C16H18N4O6/c17-13-9-11(19(21)22)3-5-15(13)25-7-1-2-8-26-16-6-4-12(20(23)24)10-14(16)18/h3-6,9-10H,1-2,7-8,17-18H2. The highest BCUT2D eigenvalue weighted by molar-refractivity contribution is 5.58. The summed E-state index contributed by atoms with van der Waals surface area (Å²) in [6, 6.07) is 8.06. The Morgan fingerprint density at radius 3 is 1.46 bits per heavy atom. The van der Waals surface area contributed by atoms with Gasteiger partial charge in [-0.05, 0) is 25.0 Å². The average Bonchev–Trinajstić information content (AvgIpc) is 2.59. The molecule has 2 rings (SSSR count). The number of benzene rings is 2. The molecule has 2 aromatic rings. The Labute approximate surface area is 148 Å². The number of nitrogen functional groups attached to an aromatic ring is 2. The van der Waals surface area contributed by atoms with Crippen LogP contribution in [0.2, 0.25) is 0 Å². The molecule has 4 N–H and O–H groups in total. The molecule has 0 fully saturated rings. The summed E-state index contributed by atoms with van der Waals surface area (Å²) in [4.78, 5) is 20.2. The molecule has 0 heterocycles. The van der Waals surface area contributed by atoms with E-state index < -0.39 is 9.85 Å². The maximum atomic E-state index is 10.6. The van der Waals surface area contributed by atoms with Gasteiger partial charge in [-0.3, -0.25) is 20.2 Å². The van der Waals surface area contributed by atoms with Crippen molar-refractivity contribution in [3.8, 4) is 11.5 Å². The molecule has 0 aliphatic rings. The average molecular weight is 362 g/mol. The lowest BCUT2D eigenvalue weighted by molar-refractivity contribution is -0.385. The molecule has 0 spiro atoms. The molecule has 10 heteroatoms. The third-order valence-electron chi connectivity index (χ3n) is 3.46. The first-order valence-electron chi connectivity index (χ1n) is 7.72. The molecule has 0 saturated carbocycles. The fourth-order valence-corrected chi connectivity index (χ4v) is 2.13. The molecule has 0 amide bonds. The van der Waals surface area contributed by atoms with Gasteiger partial charge in [-0.2, -0.15) is 0 Å². The number of unbranched alkanes of at least 4 members (excludes halogenated alkanes) is 1. The number of nitro benzene ring substituents is 2. The van der Waals surface area contributed by atoms with Crippen LogP contribution in [0.25, 0.3) is 0 Å². The van der Waals surface area contributed by atoms with Crippen LogP contribution in [0.5, 0.6) is 11.5 Å². The van der Waals surface area contributed by atoms with Crippen molar-refractivity contribution in [3.63, 3.8) is 0 Å². The van der Waals surface area contributed by atoms with Crippen LogP contribution in [0.4, 0.5) is 22.7 Å². The van der Waals surface area contributed by atoms with Gasteiger partial charge < -0.3 is 20.9 Å². The zero-order valence-electron chi connectivity index (χ0n) is 13.8. The van der Waals surface area contributed by atoms with E-state index in [1.807, 2.05) is 0 Å². The summed E-state index contributed by atoms with van der Waals surface area (Å²) in [6.07, 6.45) is 1.31. The Morgan fingerprint density at radius 2 is 1.15 bits per heavy atom. The van der Waals surface area contributed by atoms with Crippen LogP contribution in [-0.2, 0) is 0 Å². The van der Waals surface area contributed by atoms with E-state index in [-0.39, 0.29) is 22.7 Å². The van der Waals surface area contributed by atoms with E-state index in [4.69, 9.17) is 20.9 Å². The summed E-state index contributed by atoms with van der Waals surface area (Å²) in [5.74, 6) is 0.771. The minimum atomic E-state index is -0.526. The lowest BCUT2D eigenvalue weighted by Crippen LogP contribution is -2.05. The first kappa shape index (κ1) is 18.8. The maximum absolute atomic E-state index is 10.6. The molecule has 0 aliphatic carbocycles. The second kappa shape index (κ2) is 8.51. The predicted octanol–water partition coefficient (Wildman–Crippen LogP) is 2.91. The van der Waals surface area contributed by atoms with Gasteiger partial charge in [0.15, 0.2) is 0 Å². The van der Waals surface area contributed by atoms with Crippen molar-refractivity contribution >= 4 is 22.7 Å². The van der Waals surface area contributed by atoms with Crippen LogP contribution < -0.4 is 20.9 Å². The molecular weight excluding hydrogens is 344 g/mol. The number of non-ortho nitro benzene ring substituents is 2. The number of nitro groups is 2. The van der Waals surface area contributed by atoms with E-state index in [2.05, 4.69) is 0 Å². The van der Waals surface area contributed by atoms with Crippen molar-refractivity contribution in [1.82, 2.24) is 0 Å². The SMILES string of the molecule is Nc1cc([N+](=O)[O-])ccc1OCCCCOc1ccc([N+](=O)[O-])cc1N. The Kier molecular flexibility index (Phi) is 6.15. The molecular formula is C16H18N4O6. The largest absolute Gasteiger partial charge is 0.491 e. The minimum absolute atomic E-state index is 0.0936. The van der Waals surface area contributed by atoms with Gasteiger partial charge in [-0.15, -0.1) is 0 Å². The van der Waals surface area contributed by atoms with Gasteiger partial charge in [0.05, 0.1) is 34.4 Å². The lowest BCUT2D eigenvalue weighted by atomic mass is 10.2. The quantitative estimate of drug-likeness (QED) is 0.298. The first-order valence-corrected chi connectivity index (χ1v) is 7.72. The third-order valence-corrected chi connectivity index (χ3v) is 3.46. The van der Waals surface area contributed by atoms with Gasteiger partial charge in [0.25, 0.3) is 11.4 Å². The van der Waals surface area contributed by atoms with Crippen LogP contribution in [-0.4, -0.2) is 23.1 Å². The molecule has 0 atom stereocenters. The highest BCUT2D eigenvalue weighted by atomic mass is 16.6. The zero-order chi connectivity index (χ0) is 19.1. The van der Waals surface area contributed by atoms with Crippen molar-refractivity contribution in [3.05, 3.63) is 56.6 Å². The molecule has 0 aromatic heterocycles. The van der Waals surface area contributed by atoms with E-state index in [0.29, 0.717) is 37.6 Å². The third kappa shape index (κ3) is 4.97. The van der Waals surface area contributed by atoms with Crippen LogP contribution in [0.3, 0.4) is 0 Å². The predicted molar refractivity (Wildman–Crippen MR) is 95.2 cm³/mol. The van der Waals surface area contributed by atoms with Crippen molar-refractivity contribution < 1.29 is 19.3 Å². The molecule has 138 valence electrons. The van der Waals surface area contributed by atoms with E-state index in [1.165, 1.54) is 36.4 Å². The Morgan fingerprint density at radius 1 is 0.769 bits per heavy atom. The van der Waals surface area contributed by atoms with E-state index in [0.717, 1.165) is 0 Å². The fourth-order valence-electron chi connectivity index (χ4n) is 2.13. The number of nitrogens with zero attached hydrogens (tertiary/aromatic N) is 2. The number of hydrogen-bond donors (Lipinski definition) is 2. The molecule has 0 bridgehead atoms. The van der Waals surface area contributed by atoms with Crippen LogP contribution >= 0.6 is 0 Å². The highest BCUT2D eigenvalue weighted by Gasteiger charge is 2.10. The monoisotopic (exact) mass is 362 g/mol. The second-order valence-electron chi connectivity index (χ2n) is 5.36. The molecule has 26 heavy (non-hydrogen) atoms. The minimum Gasteiger partial charge on any atom is -0.491 e. The highest BCUT2D eigenvalue weighted by Crippen LogP contribution is 2.27. The molecule has 0 aliphatic heterocycles. The second-order valence-corrected chi connectivity index (χ2v) is 5.36. The van der Waals surface area contributed by atoms with Crippen LogP contribution in [0.15, 0.2) is 36.4 Å². The van der Waals surface area contributed by atoms with Gasteiger partial charge >= 0.3 is 0 Å². The summed E-state index contributed by atoms with van der Waals surface area (Å²) >= 11 is 0. The van der Waals surface area contributed by atoms with Gasteiger partial charge in [0.1, 0.15) is 11.5 Å². The van der Waals surface area contributed by atoms with Gasteiger partial charge in [-0.1, -0.05) is 0 Å². The molecule has 0 unspecified atom stereocenters. The fraction of sp³-hybridized carbons (Fsp3) is 0.250. The van der Waals surface area contributed by atoms with Crippen molar-refractivity contribution in [1.29, 1.82) is 0 Å². The van der Waals surface area contributed by atoms with E-state index in [9.17, 15) is 20.2 Å². The van der Waals surface area contributed by atoms with Gasteiger partial charge in [-0.25, -0.2) is 0 Å². The van der Waals surface area contributed by atoms with Crippen molar-refractivity contribution in [2.24, 2.45) is 0 Å². The van der Waals surface area contributed by atoms with E-state index >= 15 is 0 Å². The summed E-state index contributed by atoms with van der Waals surface area (Å²) in [5, 5.41) is 21.3.